The van der Waals surface area contributed by atoms with E-state index in [1.807, 2.05) is 12.4 Å². The van der Waals surface area contributed by atoms with E-state index in [0.717, 1.165) is 80.0 Å². The first kappa shape index (κ1) is 20.4. The van der Waals surface area contributed by atoms with Crippen LogP contribution in [0.4, 0.5) is 5.82 Å². The smallest absolute Gasteiger partial charge is 0.157 e. The number of aromatic nitrogens is 5. The number of pyridine rings is 1. The fourth-order valence-corrected chi connectivity index (χ4v) is 5.06. The van der Waals surface area contributed by atoms with E-state index in [4.69, 9.17) is 0 Å². The van der Waals surface area contributed by atoms with Crippen molar-refractivity contribution in [1.29, 1.82) is 0 Å². The second kappa shape index (κ2) is 8.96. The number of benzene rings is 1. The summed E-state index contributed by atoms with van der Waals surface area (Å²) < 4.78 is 2.12. The van der Waals surface area contributed by atoms with Gasteiger partial charge < -0.3 is 10.6 Å². The van der Waals surface area contributed by atoms with Gasteiger partial charge >= 0.3 is 0 Å². The van der Waals surface area contributed by atoms with Gasteiger partial charge in [-0.05, 0) is 44.0 Å². The Hall–Kier alpha value is -3.23. The molecule has 5 heterocycles. The van der Waals surface area contributed by atoms with Crippen molar-refractivity contribution in [2.24, 2.45) is 0 Å². The summed E-state index contributed by atoms with van der Waals surface area (Å²) in [5, 5.41) is 20.4. The molecule has 3 aromatic heterocycles. The Balaban J connectivity index is 1.16. The summed E-state index contributed by atoms with van der Waals surface area (Å²) in [4.78, 5) is 7.13. The molecule has 0 aliphatic carbocycles. The first-order valence-corrected chi connectivity index (χ1v) is 11.9. The van der Waals surface area contributed by atoms with Gasteiger partial charge in [0.1, 0.15) is 0 Å². The zero-order valence-corrected chi connectivity index (χ0v) is 18.7. The Morgan fingerprint density at radius 3 is 2.79 bits per heavy atom. The van der Waals surface area contributed by atoms with E-state index in [0.29, 0.717) is 12.1 Å². The van der Waals surface area contributed by atoms with Crippen molar-refractivity contribution in [3.63, 3.8) is 0 Å². The first-order valence-electron chi connectivity index (χ1n) is 11.9. The average molecular weight is 443 g/mol. The molecule has 8 nitrogen and oxygen atoms in total. The Morgan fingerprint density at radius 2 is 1.91 bits per heavy atom. The number of fused-ring (bicyclic) bond motifs is 1. The second-order valence-electron chi connectivity index (χ2n) is 9.23. The summed E-state index contributed by atoms with van der Waals surface area (Å²) in [6, 6.07) is 13.7. The van der Waals surface area contributed by atoms with Crippen LogP contribution in [0.3, 0.4) is 0 Å². The van der Waals surface area contributed by atoms with Crippen molar-refractivity contribution in [3.05, 3.63) is 60.6 Å². The number of H-pyrrole nitrogens is 1. The molecule has 1 atom stereocenters. The molecule has 6 rings (SSSR count). The Kier molecular flexibility index (Phi) is 5.53. The lowest BCUT2D eigenvalue weighted by molar-refractivity contribution is 0.328. The molecule has 0 amide bonds. The van der Waals surface area contributed by atoms with Crippen molar-refractivity contribution < 1.29 is 0 Å². The molecule has 3 N–H and O–H groups in total. The van der Waals surface area contributed by atoms with Gasteiger partial charge in [0, 0.05) is 49.2 Å². The number of rotatable bonds is 6. The lowest BCUT2D eigenvalue weighted by Gasteiger charge is -2.22. The molecule has 2 fully saturated rings. The molecule has 0 bridgehead atoms. The highest BCUT2D eigenvalue weighted by Gasteiger charge is 2.24. The van der Waals surface area contributed by atoms with Crippen LogP contribution in [0, 0.1) is 0 Å². The fourth-order valence-electron chi connectivity index (χ4n) is 5.06. The first-order chi connectivity index (χ1) is 16.3. The largest absolute Gasteiger partial charge is 0.364 e. The molecule has 2 aliphatic heterocycles. The normalized spacial score (nSPS) is 19.9. The van der Waals surface area contributed by atoms with Crippen molar-refractivity contribution in [3.8, 4) is 11.1 Å². The average Bonchev–Trinajstić information content (AvgIpc) is 3.61. The summed E-state index contributed by atoms with van der Waals surface area (Å²) in [5.41, 5.74) is 4.35. The number of hydrogen-bond acceptors (Lipinski definition) is 6. The van der Waals surface area contributed by atoms with Crippen LogP contribution >= 0.6 is 0 Å². The van der Waals surface area contributed by atoms with Gasteiger partial charge in [0.2, 0.25) is 0 Å². The van der Waals surface area contributed by atoms with Crippen molar-refractivity contribution >= 4 is 16.9 Å². The van der Waals surface area contributed by atoms with E-state index in [9.17, 15) is 0 Å². The summed E-state index contributed by atoms with van der Waals surface area (Å²) in [6.45, 7) is 5.21. The molecule has 8 heteroatoms. The number of hydrogen-bond donors (Lipinski definition) is 3. The predicted octanol–water partition coefficient (Wildman–Crippen LogP) is 3.43. The van der Waals surface area contributed by atoms with Crippen molar-refractivity contribution in [2.45, 2.75) is 37.9 Å². The van der Waals surface area contributed by atoms with Gasteiger partial charge in [-0.1, -0.05) is 30.3 Å². The third kappa shape index (κ3) is 4.36. The molecule has 0 spiro atoms. The molecular formula is C25H30N8. The van der Waals surface area contributed by atoms with Crippen LogP contribution in [-0.4, -0.2) is 62.1 Å². The molecule has 4 aromatic rings. The summed E-state index contributed by atoms with van der Waals surface area (Å²) in [5.74, 6) is 0.886. The Bertz CT molecular complexity index is 1210. The van der Waals surface area contributed by atoms with E-state index in [1.165, 1.54) is 5.56 Å². The maximum absolute atomic E-state index is 4.65. The Labute approximate surface area is 193 Å². The lowest BCUT2D eigenvalue weighted by atomic mass is 10.1. The van der Waals surface area contributed by atoms with Gasteiger partial charge in [0.05, 0.1) is 17.6 Å². The van der Waals surface area contributed by atoms with E-state index >= 15 is 0 Å². The SMILES string of the molecule is c1ccc(CN2CCC(Nc3n[nH]c4ncc(-c5cnn(C6CCNCC6)c5)cc34)C2)cc1. The molecule has 1 unspecified atom stereocenters. The second-order valence-corrected chi connectivity index (χ2v) is 9.23. The van der Waals surface area contributed by atoms with Crippen molar-refractivity contribution in [1.82, 2.24) is 35.2 Å². The maximum atomic E-state index is 4.65. The van der Waals surface area contributed by atoms with E-state index in [1.54, 1.807) is 0 Å². The molecule has 0 radical (unpaired) electrons. The molecule has 2 aliphatic rings. The number of likely N-dealkylation sites (tertiary alicyclic amines) is 1. The number of aromatic amines is 1. The van der Waals surface area contributed by atoms with Crippen molar-refractivity contribution in [2.75, 3.05) is 31.5 Å². The molecule has 0 saturated carbocycles. The number of nitrogens with zero attached hydrogens (tertiary/aromatic N) is 5. The van der Waals surface area contributed by atoms with Gasteiger partial charge in [-0.25, -0.2) is 4.98 Å². The minimum atomic E-state index is 0.381. The number of piperidine rings is 1. The van der Waals surface area contributed by atoms with Crippen LogP contribution in [0.2, 0.25) is 0 Å². The lowest BCUT2D eigenvalue weighted by Crippen LogP contribution is -2.29. The summed E-state index contributed by atoms with van der Waals surface area (Å²) in [7, 11) is 0. The fraction of sp³-hybridized carbons (Fsp3) is 0.400. The van der Waals surface area contributed by atoms with Gasteiger partial charge in [-0.15, -0.1) is 0 Å². The highest BCUT2D eigenvalue weighted by molar-refractivity contribution is 5.90. The highest BCUT2D eigenvalue weighted by atomic mass is 15.3. The molecule has 2 saturated heterocycles. The summed E-state index contributed by atoms with van der Waals surface area (Å²) in [6.07, 6.45) is 9.37. The van der Waals surface area contributed by atoms with E-state index in [-0.39, 0.29) is 0 Å². The topological polar surface area (TPSA) is 86.7 Å². The number of anilines is 1. The molecule has 170 valence electrons. The van der Waals surface area contributed by atoms with Crippen LogP contribution in [0.15, 0.2) is 55.0 Å². The molecule has 33 heavy (non-hydrogen) atoms. The predicted molar refractivity (Wildman–Crippen MR) is 130 cm³/mol. The quantitative estimate of drug-likeness (QED) is 0.424. The standard InChI is InChI=1S/C25H30N8/c1-2-4-18(5-3-1)15-32-11-8-21(17-32)29-25-23-12-19(13-27-24(23)30-31-25)20-14-28-33(16-20)22-6-9-26-10-7-22/h1-5,12-14,16,21-22,26H,6-11,15,17H2,(H2,27,29,30,31). The zero-order chi connectivity index (χ0) is 22.0. The van der Waals surface area contributed by atoms with Gasteiger partial charge in [-0.2, -0.15) is 10.2 Å². The number of nitrogens with one attached hydrogen (secondary N) is 3. The van der Waals surface area contributed by atoms with E-state index < -0.39 is 0 Å². The minimum Gasteiger partial charge on any atom is -0.364 e. The zero-order valence-electron chi connectivity index (χ0n) is 18.7. The molecule has 1 aromatic carbocycles. The van der Waals surface area contributed by atoms with Crippen LogP contribution < -0.4 is 10.6 Å². The van der Waals surface area contributed by atoms with Crippen LogP contribution in [0.25, 0.3) is 22.2 Å². The monoisotopic (exact) mass is 442 g/mol. The van der Waals surface area contributed by atoms with Crippen LogP contribution in [0.5, 0.6) is 0 Å². The maximum Gasteiger partial charge on any atom is 0.157 e. The summed E-state index contributed by atoms with van der Waals surface area (Å²) >= 11 is 0. The molecular weight excluding hydrogens is 412 g/mol. The van der Waals surface area contributed by atoms with E-state index in [2.05, 4.69) is 83.1 Å². The third-order valence-corrected chi connectivity index (χ3v) is 6.90. The van der Waals surface area contributed by atoms with Crippen LogP contribution in [-0.2, 0) is 6.54 Å². The Morgan fingerprint density at radius 1 is 1.03 bits per heavy atom. The van der Waals surface area contributed by atoms with Crippen LogP contribution in [0.1, 0.15) is 30.9 Å². The van der Waals surface area contributed by atoms with Gasteiger partial charge in [0.25, 0.3) is 0 Å². The van der Waals surface area contributed by atoms with Gasteiger partial charge in [0.15, 0.2) is 11.5 Å². The third-order valence-electron chi connectivity index (χ3n) is 6.90. The highest BCUT2D eigenvalue weighted by Crippen LogP contribution is 2.28. The van der Waals surface area contributed by atoms with Gasteiger partial charge in [-0.3, -0.25) is 14.7 Å². The minimum absolute atomic E-state index is 0.381.